The molecule has 4 rings (SSSR count). The fourth-order valence-corrected chi connectivity index (χ4v) is 5.18. The third kappa shape index (κ3) is 6.40. The Morgan fingerprint density at radius 3 is 2.44 bits per heavy atom. The molecule has 0 aliphatic carbocycles. The Morgan fingerprint density at radius 1 is 1.06 bits per heavy atom. The molecule has 1 N–H and O–H groups in total. The van der Waals surface area contributed by atoms with Crippen molar-refractivity contribution in [2.24, 2.45) is 5.92 Å². The summed E-state index contributed by atoms with van der Waals surface area (Å²) in [5.74, 6) is -0.986. The van der Waals surface area contributed by atoms with Crippen LogP contribution in [0.4, 0.5) is 13.2 Å². The number of aliphatic hydroxyl groups is 1. The van der Waals surface area contributed by atoms with Crippen molar-refractivity contribution in [2.45, 2.75) is 51.2 Å². The van der Waals surface area contributed by atoms with Crippen LogP contribution < -0.4 is 4.74 Å². The number of rotatable bonds is 8. The van der Waals surface area contributed by atoms with Crippen molar-refractivity contribution < 1.29 is 27.8 Å². The molecule has 2 aromatic rings. The quantitative estimate of drug-likeness (QED) is 0.546. The minimum absolute atomic E-state index is 0.0828. The molecule has 8 heteroatoms. The van der Waals surface area contributed by atoms with Crippen LogP contribution in [0, 0.1) is 17.6 Å². The number of alkyl halides is 1. The number of carbonyl (C=O) groups excluding carboxylic acids is 1. The van der Waals surface area contributed by atoms with Gasteiger partial charge in [-0.2, -0.15) is 0 Å². The highest BCUT2D eigenvalue weighted by atomic mass is 19.1. The average Bonchev–Trinajstić information content (AvgIpc) is 3.31. The van der Waals surface area contributed by atoms with Crippen molar-refractivity contribution in [3.63, 3.8) is 0 Å². The molecule has 2 saturated heterocycles. The number of nitrogens with zero attached hydrogens (tertiary/aromatic N) is 2. The number of likely N-dealkylation sites (tertiary alicyclic amines) is 2. The lowest BCUT2D eigenvalue weighted by Crippen LogP contribution is -2.41. The van der Waals surface area contributed by atoms with Gasteiger partial charge in [0.15, 0.2) is 0 Å². The van der Waals surface area contributed by atoms with E-state index in [1.807, 2.05) is 0 Å². The van der Waals surface area contributed by atoms with Crippen molar-refractivity contribution in [3.8, 4) is 16.9 Å². The van der Waals surface area contributed by atoms with E-state index in [9.17, 15) is 23.1 Å². The Hall–Kier alpha value is -2.58. The smallest absolute Gasteiger partial charge is 0.257 e. The summed E-state index contributed by atoms with van der Waals surface area (Å²) in [4.78, 5) is 16.4. The fourth-order valence-electron chi connectivity index (χ4n) is 5.18. The summed E-state index contributed by atoms with van der Waals surface area (Å²) >= 11 is 0. The van der Waals surface area contributed by atoms with Crippen molar-refractivity contribution in [1.29, 1.82) is 0 Å². The molecule has 5 nitrogen and oxygen atoms in total. The Bertz CT molecular complexity index is 1060. The molecule has 0 spiro atoms. The SMILES string of the molecule is CC(C)(F)CN1CCC(COc2ccc(-c3ccc(C(=O)N4CCC[C@H]4CO)c(F)c3)c(F)c2)CC1. The molecule has 2 aliphatic heterocycles. The summed E-state index contributed by atoms with van der Waals surface area (Å²) in [6.45, 7) is 6.02. The molecule has 0 aromatic heterocycles. The Kier molecular flexibility index (Phi) is 8.25. The van der Waals surface area contributed by atoms with Gasteiger partial charge >= 0.3 is 0 Å². The largest absolute Gasteiger partial charge is 0.493 e. The van der Waals surface area contributed by atoms with Gasteiger partial charge in [-0.25, -0.2) is 13.2 Å². The molecule has 1 amide bonds. The minimum Gasteiger partial charge on any atom is -0.493 e. The lowest BCUT2D eigenvalue weighted by atomic mass is 9.97. The number of halogens is 3. The van der Waals surface area contributed by atoms with Crippen molar-refractivity contribution >= 4 is 5.91 Å². The zero-order valence-corrected chi connectivity index (χ0v) is 21.0. The third-order valence-electron chi connectivity index (χ3n) is 7.09. The molecule has 0 unspecified atom stereocenters. The minimum atomic E-state index is -1.21. The maximum Gasteiger partial charge on any atom is 0.257 e. The van der Waals surface area contributed by atoms with Gasteiger partial charge in [-0.05, 0) is 88.4 Å². The molecule has 2 fully saturated rings. The number of hydrogen-bond acceptors (Lipinski definition) is 4. The van der Waals surface area contributed by atoms with Crippen molar-refractivity contribution in [2.75, 3.05) is 39.4 Å². The van der Waals surface area contributed by atoms with E-state index in [0.29, 0.717) is 43.3 Å². The lowest BCUT2D eigenvalue weighted by Gasteiger charge is -2.34. The van der Waals surface area contributed by atoms with Crippen LogP contribution in [0.5, 0.6) is 5.75 Å². The molecule has 2 heterocycles. The van der Waals surface area contributed by atoms with Crippen LogP contribution in [-0.2, 0) is 0 Å². The summed E-state index contributed by atoms with van der Waals surface area (Å²) in [5, 5.41) is 9.45. The number of piperidine rings is 1. The van der Waals surface area contributed by atoms with Crippen LogP contribution in [0.1, 0.15) is 49.9 Å². The average molecular weight is 505 g/mol. The van der Waals surface area contributed by atoms with Gasteiger partial charge in [0.1, 0.15) is 23.1 Å². The fraction of sp³-hybridized carbons (Fsp3) is 0.536. The first-order valence-electron chi connectivity index (χ1n) is 12.7. The normalized spacial score (nSPS) is 19.6. The van der Waals surface area contributed by atoms with Gasteiger partial charge in [-0.3, -0.25) is 4.79 Å². The zero-order chi connectivity index (χ0) is 25.9. The Labute approximate surface area is 210 Å². The summed E-state index contributed by atoms with van der Waals surface area (Å²) in [7, 11) is 0. The van der Waals surface area contributed by atoms with E-state index in [0.717, 1.165) is 32.4 Å². The predicted molar refractivity (Wildman–Crippen MR) is 133 cm³/mol. The predicted octanol–water partition coefficient (Wildman–Crippen LogP) is 5.07. The molecule has 0 bridgehead atoms. The molecule has 0 radical (unpaired) electrons. The summed E-state index contributed by atoms with van der Waals surface area (Å²) < 4.78 is 49.4. The second kappa shape index (κ2) is 11.2. The van der Waals surface area contributed by atoms with Gasteiger partial charge in [0.05, 0.1) is 24.8 Å². The summed E-state index contributed by atoms with van der Waals surface area (Å²) in [6, 6.07) is 8.29. The molecule has 2 aliphatic rings. The zero-order valence-electron chi connectivity index (χ0n) is 21.0. The van der Waals surface area contributed by atoms with Gasteiger partial charge in [-0.1, -0.05) is 6.07 Å². The van der Waals surface area contributed by atoms with E-state index in [4.69, 9.17) is 4.74 Å². The van der Waals surface area contributed by atoms with Gasteiger partial charge in [-0.15, -0.1) is 0 Å². The van der Waals surface area contributed by atoms with Gasteiger partial charge < -0.3 is 19.6 Å². The van der Waals surface area contributed by atoms with E-state index in [1.54, 1.807) is 26.0 Å². The first kappa shape index (κ1) is 26.5. The number of hydrogen-bond donors (Lipinski definition) is 1. The van der Waals surface area contributed by atoms with Crippen LogP contribution in [-0.4, -0.2) is 71.9 Å². The number of amides is 1. The van der Waals surface area contributed by atoms with Gasteiger partial charge in [0.25, 0.3) is 5.91 Å². The number of ether oxygens (including phenoxy) is 1. The molecule has 1 atom stereocenters. The van der Waals surface area contributed by atoms with Crippen molar-refractivity contribution in [3.05, 3.63) is 53.6 Å². The summed E-state index contributed by atoms with van der Waals surface area (Å²) in [5.41, 5.74) is -0.744. The highest BCUT2D eigenvalue weighted by Crippen LogP contribution is 2.30. The van der Waals surface area contributed by atoms with Crippen LogP contribution >= 0.6 is 0 Å². The first-order chi connectivity index (χ1) is 17.1. The van der Waals surface area contributed by atoms with Crippen LogP contribution in [0.3, 0.4) is 0 Å². The maximum atomic E-state index is 14.9. The Morgan fingerprint density at radius 2 is 1.81 bits per heavy atom. The number of aliphatic hydroxyl groups excluding tert-OH is 1. The monoisotopic (exact) mass is 504 g/mol. The van der Waals surface area contributed by atoms with E-state index < -0.39 is 23.2 Å². The molecule has 0 saturated carbocycles. The van der Waals surface area contributed by atoms with E-state index >= 15 is 0 Å². The maximum absolute atomic E-state index is 14.9. The molecular weight excluding hydrogens is 469 g/mol. The molecule has 36 heavy (non-hydrogen) atoms. The van der Waals surface area contributed by atoms with E-state index in [2.05, 4.69) is 4.90 Å². The van der Waals surface area contributed by atoms with Crippen LogP contribution in [0.15, 0.2) is 36.4 Å². The second-order valence-electron chi connectivity index (χ2n) is 10.6. The van der Waals surface area contributed by atoms with Crippen LogP contribution in [0.25, 0.3) is 11.1 Å². The lowest BCUT2D eigenvalue weighted by molar-refractivity contribution is 0.0673. The third-order valence-corrected chi connectivity index (χ3v) is 7.09. The molecular formula is C28H35F3N2O3. The molecule has 2 aromatic carbocycles. The van der Waals surface area contributed by atoms with Crippen molar-refractivity contribution in [1.82, 2.24) is 9.80 Å². The van der Waals surface area contributed by atoms with Gasteiger partial charge in [0, 0.05) is 24.7 Å². The van der Waals surface area contributed by atoms with Crippen LogP contribution in [0.2, 0.25) is 0 Å². The molecule has 196 valence electrons. The standard InChI is InChI=1S/C28H35F3N2O3/c1-28(2,31)18-32-12-9-19(10-13-32)17-36-22-6-8-23(26(30)15-22)20-5-7-24(25(29)14-20)27(35)33-11-3-4-21(33)16-34/h5-8,14-15,19,21,34H,3-4,9-13,16-18H2,1-2H3/t21-/m0/s1. The summed E-state index contributed by atoms with van der Waals surface area (Å²) in [6.07, 6.45) is 3.26. The van der Waals surface area contributed by atoms with E-state index in [-0.39, 0.29) is 23.8 Å². The number of carbonyl (C=O) groups is 1. The Balaban J connectivity index is 1.36. The van der Waals surface area contributed by atoms with E-state index in [1.165, 1.54) is 29.2 Å². The van der Waals surface area contributed by atoms with Gasteiger partial charge in [0.2, 0.25) is 0 Å². The second-order valence-corrected chi connectivity index (χ2v) is 10.6. The topological polar surface area (TPSA) is 53.0 Å². The highest BCUT2D eigenvalue weighted by molar-refractivity contribution is 5.95. The first-order valence-corrected chi connectivity index (χ1v) is 12.7. The number of benzene rings is 2. The highest BCUT2D eigenvalue weighted by Gasteiger charge is 2.30.